The third-order valence-corrected chi connectivity index (χ3v) is 5.24. The zero-order chi connectivity index (χ0) is 22.4. The van der Waals surface area contributed by atoms with Gasteiger partial charge in [-0.1, -0.05) is 35.9 Å². The van der Waals surface area contributed by atoms with Crippen molar-refractivity contribution in [3.8, 4) is 0 Å². The minimum absolute atomic E-state index is 0.0819. The van der Waals surface area contributed by atoms with E-state index in [1.807, 2.05) is 13.0 Å². The summed E-state index contributed by atoms with van der Waals surface area (Å²) in [5.41, 5.74) is 0.879. The summed E-state index contributed by atoms with van der Waals surface area (Å²) in [6.07, 6.45) is -4.55. The molecule has 3 rings (SSSR count). The summed E-state index contributed by atoms with van der Waals surface area (Å²) in [5.74, 6) is -0.898. The molecule has 0 fully saturated rings. The second-order valence-electron chi connectivity index (χ2n) is 6.73. The van der Waals surface area contributed by atoms with Gasteiger partial charge in [0.1, 0.15) is 0 Å². The fraction of sp³-hybridized carbons (Fsp3) is 0.130. The number of carbonyl (C=O) groups excluding carboxylic acids is 2. The zero-order valence-corrected chi connectivity index (χ0v) is 17.3. The van der Waals surface area contributed by atoms with Crippen molar-refractivity contribution in [2.24, 2.45) is 0 Å². The highest BCUT2D eigenvalue weighted by molar-refractivity contribution is 8.00. The maximum Gasteiger partial charge on any atom is 0.418 e. The minimum atomic E-state index is -4.55. The van der Waals surface area contributed by atoms with Crippen LogP contribution in [0.5, 0.6) is 0 Å². The predicted octanol–water partition coefficient (Wildman–Crippen LogP) is 6.00. The molecule has 0 saturated heterocycles. The highest BCUT2D eigenvalue weighted by Crippen LogP contribution is 2.34. The number of halogens is 3. The van der Waals surface area contributed by atoms with Crippen LogP contribution >= 0.6 is 11.8 Å². The quantitative estimate of drug-likeness (QED) is 0.459. The van der Waals surface area contributed by atoms with Crippen LogP contribution in [0.25, 0.3) is 0 Å². The molecule has 0 atom stereocenters. The van der Waals surface area contributed by atoms with Gasteiger partial charge >= 0.3 is 6.18 Å². The molecule has 4 nitrogen and oxygen atoms in total. The number of anilines is 2. The first-order valence-electron chi connectivity index (χ1n) is 9.29. The summed E-state index contributed by atoms with van der Waals surface area (Å²) in [6.45, 7) is 1.90. The number of alkyl halides is 3. The summed E-state index contributed by atoms with van der Waals surface area (Å²) in [7, 11) is 0. The van der Waals surface area contributed by atoms with Gasteiger partial charge in [-0.25, -0.2) is 0 Å². The summed E-state index contributed by atoms with van der Waals surface area (Å²) in [6, 6.07) is 18.9. The first kappa shape index (κ1) is 22.4. The number of rotatable bonds is 6. The molecule has 0 unspecified atom stereocenters. The third kappa shape index (κ3) is 6.36. The predicted molar refractivity (Wildman–Crippen MR) is 116 cm³/mol. The number of hydrogen-bond acceptors (Lipinski definition) is 3. The number of benzene rings is 3. The number of aryl methyl sites for hydroxylation is 1. The molecule has 3 aromatic carbocycles. The lowest BCUT2D eigenvalue weighted by Gasteiger charge is -2.13. The molecule has 0 radical (unpaired) electrons. The van der Waals surface area contributed by atoms with E-state index in [2.05, 4.69) is 10.6 Å². The van der Waals surface area contributed by atoms with Crippen LogP contribution in [0, 0.1) is 6.92 Å². The Morgan fingerprint density at radius 3 is 2.39 bits per heavy atom. The maximum atomic E-state index is 13.1. The molecular weight excluding hydrogens is 425 g/mol. The topological polar surface area (TPSA) is 58.2 Å². The van der Waals surface area contributed by atoms with Crippen molar-refractivity contribution >= 4 is 35.0 Å². The largest absolute Gasteiger partial charge is 0.418 e. The fourth-order valence-electron chi connectivity index (χ4n) is 2.83. The molecule has 0 aliphatic heterocycles. The monoisotopic (exact) mass is 444 g/mol. The Kier molecular flexibility index (Phi) is 7.02. The molecule has 0 aliphatic carbocycles. The molecule has 3 aromatic rings. The van der Waals surface area contributed by atoms with Gasteiger partial charge in [0.05, 0.1) is 17.0 Å². The highest BCUT2D eigenvalue weighted by atomic mass is 32.2. The third-order valence-electron chi connectivity index (χ3n) is 4.25. The molecule has 0 aromatic heterocycles. The van der Waals surface area contributed by atoms with Gasteiger partial charge in [-0.15, -0.1) is 11.8 Å². The van der Waals surface area contributed by atoms with Gasteiger partial charge in [0.2, 0.25) is 5.91 Å². The lowest BCUT2D eigenvalue weighted by molar-refractivity contribution is -0.137. The molecule has 2 N–H and O–H groups in total. The number of para-hydroxylation sites is 1. The molecule has 0 bridgehead atoms. The number of thioether (sulfide) groups is 1. The van der Waals surface area contributed by atoms with E-state index < -0.39 is 17.6 Å². The second-order valence-corrected chi connectivity index (χ2v) is 7.78. The Bertz CT molecular complexity index is 1100. The molecule has 0 aliphatic rings. The second kappa shape index (κ2) is 9.70. The van der Waals surface area contributed by atoms with Crippen molar-refractivity contribution in [1.82, 2.24) is 0 Å². The number of hydrogen-bond donors (Lipinski definition) is 2. The van der Waals surface area contributed by atoms with Crippen molar-refractivity contribution in [1.29, 1.82) is 0 Å². The lowest BCUT2D eigenvalue weighted by Crippen LogP contribution is -2.18. The maximum absolute atomic E-state index is 13.1. The molecule has 31 heavy (non-hydrogen) atoms. The van der Waals surface area contributed by atoms with Crippen molar-refractivity contribution in [3.05, 3.63) is 89.5 Å². The van der Waals surface area contributed by atoms with E-state index in [0.717, 1.165) is 23.4 Å². The van der Waals surface area contributed by atoms with Crippen LogP contribution in [0.4, 0.5) is 24.5 Å². The molecule has 2 amide bonds. The van der Waals surface area contributed by atoms with Crippen molar-refractivity contribution in [3.63, 3.8) is 0 Å². The van der Waals surface area contributed by atoms with E-state index in [1.165, 1.54) is 18.2 Å². The van der Waals surface area contributed by atoms with E-state index >= 15 is 0 Å². The number of nitrogens with one attached hydrogen (secondary N) is 2. The van der Waals surface area contributed by atoms with Gasteiger partial charge in [0.25, 0.3) is 5.91 Å². The van der Waals surface area contributed by atoms with Crippen molar-refractivity contribution in [2.45, 2.75) is 18.0 Å². The van der Waals surface area contributed by atoms with Gasteiger partial charge in [-0.05, 0) is 49.4 Å². The molecule has 0 heterocycles. The van der Waals surface area contributed by atoms with Crippen LogP contribution < -0.4 is 10.6 Å². The average Bonchev–Trinajstić information content (AvgIpc) is 2.72. The SMILES string of the molecule is Cc1cccc(C(=O)Nc2cccc(SCC(=O)Nc3ccccc3C(F)(F)F)c2)c1. The van der Waals surface area contributed by atoms with Gasteiger partial charge in [-0.3, -0.25) is 9.59 Å². The first-order valence-corrected chi connectivity index (χ1v) is 10.3. The number of carbonyl (C=O) groups is 2. The molecule has 160 valence electrons. The fourth-order valence-corrected chi connectivity index (χ4v) is 3.58. The van der Waals surface area contributed by atoms with Gasteiger partial charge < -0.3 is 10.6 Å². The zero-order valence-electron chi connectivity index (χ0n) is 16.5. The summed E-state index contributed by atoms with van der Waals surface area (Å²) in [4.78, 5) is 25.3. The van der Waals surface area contributed by atoms with Gasteiger partial charge in [0, 0.05) is 16.1 Å². The van der Waals surface area contributed by atoms with Crippen LogP contribution in [0.2, 0.25) is 0 Å². The summed E-state index contributed by atoms with van der Waals surface area (Å²) < 4.78 is 39.2. The standard InChI is InChI=1S/C23H19F3N2O2S/c1-15-6-4-7-16(12-15)22(30)27-17-8-5-9-18(13-17)31-14-21(29)28-20-11-3-2-10-19(20)23(24,25)26/h2-13H,14H2,1H3,(H,27,30)(H,28,29). The minimum Gasteiger partial charge on any atom is -0.325 e. The van der Waals surface area contributed by atoms with Crippen LogP contribution in [-0.4, -0.2) is 17.6 Å². The first-order chi connectivity index (χ1) is 14.7. The van der Waals surface area contributed by atoms with E-state index in [1.54, 1.807) is 42.5 Å². The normalized spacial score (nSPS) is 11.1. The van der Waals surface area contributed by atoms with Crippen molar-refractivity contribution < 1.29 is 22.8 Å². The van der Waals surface area contributed by atoms with E-state index in [0.29, 0.717) is 16.1 Å². The highest BCUT2D eigenvalue weighted by Gasteiger charge is 2.33. The van der Waals surface area contributed by atoms with Crippen LogP contribution in [0.15, 0.2) is 77.7 Å². The summed E-state index contributed by atoms with van der Waals surface area (Å²) in [5, 5.41) is 5.11. The Morgan fingerprint density at radius 2 is 1.65 bits per heavy atom. The Labute approximate surface area is 181 Å². The Morgan fingerprint density at radius 1 is 0.903 bits per heavy atom. The Hall–Kier alpha value is -3.26. The molecular formula is C23H19F3N2O2S. The van der Waals surface area contributed by atoms with Crippen LogP contribution in [0.1, 0.15) is 21.5 Å². The van der Waals surface area contributed by atoms with Gasteiger partial charge in [-0.2, -0.15) is 13.2 Å². The number of amides is 2. The average molecular weight is 444 g/mol. The van der Waals surface area contributed by atoms with Crippen LogP contribution in [-0.2, 0) is 11.0 Å². The van der Waals surface area contributed by atoms with Crippen LogP contribution in [0.3, 0.4) is 0 Å². The lowest BCUT2D eigenvalue weighted by atomic mass is 10.1. The Balaban J connectivity index is 1.60. The molecule has 8 heteroatoms. The summed E-state index contributed by atoms with van der Waals surface area (Å²) >= 11 is 1.16. The molecule has 0 saturated carbocycles. The molecule has 0 spiro atoms. The van der Waals surface area contributed by atoms with Gasteiger partial charge in [0.15, 0.2) is 0 Å². The van der Waals surface area contributed by atoms with E-state index in [9.17, 15) is 22.8 Å². The van der Waals surface area contributed by atoms with Crippen molar-refractivity contribution in [2.75, 3.05) is 16.4 Å². The van der Waals surface area contributed by atoms with E-state index in [4.69, 9.17) is 0 Å². The smallest absolute Gasteiger partial charge is 0.325 e. The van der Waals surface area contributed by atoms with E-state index in [-0.39, 0.29) is 17.3 Å².